The lowest BCUT2D eigenvalue weighted by molar-refractivity contribution is -0.384. The number of halogens is 1. The smallest absolute Gasteiger partial charge is 0.269 e. The van der Waals surface area contributed by atoms with Crippen molar-refractivity contribution in [2.24, 2.45) is 5.92 Å². The number of nitro benzene ring substituents is 1. The van der Waals surface area contributed by atoms with Crippen molar-refractivity contribution in [2.75, 3.05) is 5.32 Å². The van der Waals surface area contributed by atoms with Crippen molar-refractivity contribution >= 4 is 27.3 Å². The van der Waals surface area contributed by atoms with E-state index in [1.165, 1.54) is 12.1 Å². The van der Waals surface area contributed by atoms with Gasteiger partial charge in [0.25, 0.3) is 5.69 Å². The molecule has 0 saturated heterocycles. The van der Waals surface area contributed by atoms with Crippen LogP contribution >= 0.6 is 15.9 Å². The number of aromatic hydroxyl groups is 1. The van der Waals surface area contributed by atoms with Gasteiger partial charge in [-0.05, 0) is 30.0 Å². The van der Waals surface area contributed by atoms with E-state index in [4.69, 9.17) is 0 Å². The molecule has 6 heteroatoms. The number of hydrogen-bond donors (Lipinski definition) is 2. The molecule has 0 fully saturated rings. The van der Waals surface area contributed by atoms with Crippen molar-refractivity contribution < 1.29 is 10.0 Å². The maximum absolute atomic E-state index is 10.9. The van der Waals surface area contributed by atoms with E-state index in [2.05, 4.69) is 33.4 Å². The van der Waals surface area contributed by atoms with E-state index in [0.717, 1.165) is 27.7 Å². The van der Waals surface area contributed by atoms with E-state index >= 15 is 0 Å². The Balaban J connectivity index is 1.78. The molecule has 1 aliphatic heterocycles. The molecular weight excluding hydrogens is 372 g/mol. The number of nitro groups is 1. The maximum Gasteiger partial charge on any atom is 0.269 e. The van der Waals surface area contributed by atoms with Crippen molar-refractivity contribution in [1.29, 1.82) is 0 Å². The number of nitrogens with zero attached hydrogens (tertiary/aromatic N) is 1. The van der Waals surface area contributed by atoms with E-state index in [0.29, 0.717) is 5.92 Å². The van der Waals surface area contributed by atoms with Gasteiger partial charge in [0.05, 0.1) is 16.7 Å². The zero-order valence-electron chi connectivity index (χ0n) is 12.6. The Morgan fingerprint density at radius 2 is 1.96 bits per heavy atom. The van der Waals surface area contributed by atoms with Crippen LogP contribution in [0.3, 0.4) is 0 Å². The van der Waals surface area contributed by atoms with E-state index in [1.807, 2.05) is 6.07 Å². The standard InChI is InChI=1S/C18H15BrN2O3/c19-14-8-9-15(22)18-16(14)12-2-1-3-13(12)17(20-18)10-4-6-11(7-5-10)21(23)24/h1-2,4-9,12-13,17,20,22H,3H2/t12-,13+,17-/m1/s1. The van der Waals surface area contributed by atoms with Crippen LogP contribution in [-0.4, -0.2) is 10.0 Å². The van der Waals surface area contributed by atoms with Gasteiger partial charge in [-0.1, -0.05) is 40.2 Å². The monoisotopic (exact) mass is 386 g/mol. The number of hydrogen-bond acceptors (Lipinski definition) is 4. The molecule has 3 atom stereocenters. The van der Waals surface area contributed by atoms with Crippen molar-refractivity contribution in [2.45, 2.75) is 18.4 Å². The first kappa shape index (κ1) is 15.2. The molecule has 1 aliphatic carbocycles. The fourth-order valence-electron chi connectivity index (χ4n) is 3.78. The molecule has 0 bridgehead atoms. The second-order valence-corrected chi connectivity index (χ2v) is 7.03. The van der Waals surface area contributed by atoms with Crippen LogP contribution in [0.25, 0.3) is 0 Å². The predicted octanol–water partition coefficient (Wildman–Crippen LogP) is 4.89. The van der Waals surface area contributed by atoms with Crippen molar-refractivity contribution in [3.63, 3.8) is 0 Å². The highest BCUT2D eigenvalue weighted by molar-refractivity contribution is 9.10. The Hall–Kier alpha value is -2.34. The lowest BCUT2D eigenvalue weighted by atomic mass is 9.77. The molecule has 0 saturated carbocycles. The molecule has 24 heavy (non-hydrogen) atoms. The van der Waals surface area contributed by atoms with Gasteiger partial charge in [-0.15, -0.1) is 0 Å². The van der Waals surface area contributed by atoms with Gasteiger partial charge in [-0.25, -0.2) is 0 Å². The summed E-state index contributed by atoms with van der Waals surface area (Å²) in [5.74, 6) is 0.749. The molecule has 2 N–H and O–H groups in total. The van der Waals surface area contributed by atoms with Crippen LogP contribution in [-0.2, 0) is 0 Å². The number of anilines is 1. The van der Waals surface area contributed by atoms with Crippen LogP contribution < -0.4 is 5.32 Å². The lowest BCUT2D eigenvalue weighted by Crippen LogP contribution is -2.29. The SMILES string of the molecule is O=[N+]([O-])c1ccc([C@H]2Nc3c(O)ccc(Br)c3[C@@H]3C=CC[C@H]23)cc1. The van der Waals surface area contributed by atoms with Crippen molar-refractivity contribution in [3.8, 4) is 5.75 Å². The highest BCUT2D eigenvalue weighted by Gasteiger charge is 2.40. The molecule has 1 heterocycles. The van der Waals surface area contributed by atoms with Crippen LogP contribution in [0.4, 0.5) is 11.4 Å². The minimum Gasteiger partial charge on any atom is -0.506 e. The molecule has 0 spiro atoms. The van der Waals surface area contributed by atoms with Gasteiger partial charge in [0.2, 0.25) is 0 Å². The van der Waals surface area contributed by atoms with Gasteiger partial charge >= 0.3 is 0 Å². The predicted molar refractivity (Wildman–Crippen MR) is 95.3 cm³/mol. The summed E-state index contributed by atoms with van der Waals surface area (Å²) < 4.78 is 0.978. The Kier molecular flexibility index (Phi) is 3.57. The van der Waals surface area contributed by atoms with Crippen LogP contribution in [0.15, 0.2) is 53.0 Å². The molecule has 2 aromatic carbocycles. The Bertz CT molecular complexity index is 848. The van der Waals surface area contributed by atoms with Gasteiger partial charge in [-0.2, -0.15) is 0 Å². The molecule has 122 valence electrons. The summed E-state index contributed by atoms with van der Waals surface area (Å²) in [7, 11) is 0. The summed E-state index contributed by atoms with van der Waals surface area (Å²) in [6, 6.07) is 10.2. The number of allylic oxidation sites excluding steroid dienone is 2. The van der Waals surface area contributed by atoms with Gasteiger partial charge in [-0.3, -0.25) is 10.1 Å². The number of fused-ring (bicyclic) bond motifs is 3. The number of phenols is 1. The van der Waals surface area contributed by atoms with Crippen LogP contribution in [0.2, 0.25) is 0 Å². The van der Waals surface area contributed by atoms with E-state index in [1.54, 1.807) is 18.2 Å². The first-order valence-electron chi connectivity index (χ1n) is 7.75. The number of non-ortho nitro benzene ring substituents is 1. The first-order chi connectivity index (χ1) is 11.6. The number of phenolic OH excluding ortho intramolecular Hbond substituents is 1. The van der Waals surface area contributed by atoms with Crippen LogP contribution in [0.1, 0.15) is 29.5 Å². The summed E-state index contributed by atoms with van der Waals surface area (Å²) in [4.78, 5) is 10.5. The maximum atomic E-state index is 10.9. The fraction of sp³-hybridized carbons (Fsp3) is 0.222. The summed E-state index contributed by atoms with van der Waals surface area (Å²) >= 11 is 3.59. The highest BCUT2D eigenvalue weighted by atomic mass is 79.9. The number of nitrogens with one attached hydrogen (secondary N) is 1. The summed E-state index contributed by atoms with van der Waals surface area (Å²) in [6.07, 6.45) is 5.29. The zero-order valence-corrected chi connectivity index (χ0v) is 14.2. The zero-order chi connectivity index (χ0) is 16.8. The Labute approximate surface area is 147 Å². The molecule has 0 aromatic heterocycles. The lowest BCUT2D eigenvalue weighted by Gasteiger charge is -2.38. The topological polar surface area (TPSA) is 75.4 Å². The minimum absolute atomic E-state index is 0.00139. The minimum atomic E-state index is -0.393. The molecule has 5 nitrogen and oxygen atoms in total. The second-order valence-electron chi connectivity index (χ2n) is 6.18. The van der Waals surface area contributed by atoms with Gasteiger partial charge in [0, 0.05) is 28.1 Å². The summed E-state index contributed by atoms with van der Waals surface area (Å²) in [5.41, 5.74) is 2.89. The second kappa shape index (κ2) is 5.63. The van der Waals surface area contributed by atoms with E-state index < -0.39 is 4.92 Å². The van der Waals surface area contributed by atoms with Crippen molar-refractivity contribution in [1.82, 2.24) is 0 Å². The fourth-order valence-corrected chi connectivity index (χ4v) is 4.38. The number of benzene rings is 2. The van der Waals surface area contributed by atoms with Gasteiger partial charge < -0.3 is 10.4 Å². The van der Waals surface area contributed by atoms with Crippen molar-refractivity contribution in [3.05, 3.63) is 74.3 Å². The third kappa shape index (κ3) is 2.29. The van der Waals surface area contributed by atoms with Crippen LogP contribution in [0.5, 0.6) is 5.75 Å². The van der Waals surface area contributed by atoms with E-state index in [-0.39, 0.29) is 23.4 Å². The largest absolute Gasteiger partial charge is 0.506 e. The summed E-state index contributed by atoms with van der Waals surface area (Å²) in [6.45, 7) is 0. The Morgan fingerprint density at radius 1 is 1.21 bits per heavy atom. The van der Waals surface area contributed by atoms with Gasteiger partial charge in [0.15, 0.2) is 0 Å². The number of rotatable bonds is 2. The first-order valence-corrected chi connectivity index (χ1v) is 8.54. The molecule has 2 aliphatic rings. The third-order valence-corrected chi connectivity index (χ3v) is 5.60. The highest BCUT2D eigenvalue weighted by Crippen LogP contribution is 2.54. The average molecular weight is 387 g/mol. The average Bonchev–Trinajstić information content (AvgIpc) is 3.07. The normalized spacial score (nSPS) is 24.1. The molecular formula is C18H15BrN2O3. The Morgan fingerprint density at radius 3 is 2.67 bits per heavy atom. The molecule has 0 amide bonds. The third-order valence-electron chi connectivity index (χ3n) is 4.91. The summed E-state index contributed by atoms with van der Waals surface area (Å²) in [5, 5.41) is 24.6. The molecule has 0 radical (unpaired) electrons. The molecule has 2 aromatic rings. The van der Waals surface area contributed by atoms with Gasteiger partial charge in [0.1, 0.15) is 5.75 Å². The quantitative estimate of drug-likeness (QED) is 0.333. The van der Waals surface area contributed by atoms with Crippen LogP contribution in [0, 0.1) is 16.0 Å². The molecule has 4 rings (SSSR count). The molecule has 0 unspecified atom stereocenters. The van der Waals surface area contributed by atoms with E-state index in [9.17, 15) is 15.2 Å².